The Bertz CT molecular complexity index is 1150. The molecule has 0 spiro atoms. The van der Waals surface area contributed by atoms with E-state index in [-0.39, 0.29) is 11.7 Å². The number of carbonyl (C=O) groups is 1. The van der Waals surface area contributed by atoms with Crippen molar-refractivity contribution in [3.8, 4) is 16.2 Å². The topological polar surface area (TPSA) is 84.5 Å². The lowest BCUT2D eigenvalue weighted by Gasteiger charge is -2.16. The van der Waals surface area contributed by atoms with Crippen molar-refractivity contribution < 1.29 is 17.9 Å². The molecule has 8 heteroatoms. The van der Waals surface area contributed by atoms with E-state index in [4.69, 9.17) is 4.74 Å². The lowest BCUT2D eigenvalue weighted by Crippen LogP contribution is -2.22. The van der Waals surface area contributed by atoms with Crippen LogP contribution in [0.5, 0.6) is 5.75 Å². The molecule has 29 heavy (non-hydrogen) atoms. The first kappa shape index (κ1) is 19.6. The Morgan fingerprint density at radius 1 is 1.10 bits per heavy atom. The minimum atomic E-state index is -3.30. The average molecular weight is 429 g/mol. The first-order chi connectivity index (χ1) is 13.9. The molecule has 4 rings (SSSR count). The molecule has 2 aromatic carbocycles. The van der Waals surface area contributed by atoms with Crippen LogP contribution in [0, 0.1) is 0 Å². The largest absolute Gasteiger partial charge is 0.488 e. The van der Waals surface area contributed by atoms with Crippen molar-refractivity contribution in [2.45, 2.75) is 18.9 Å². The summed E-state index contributed by atoms with van der Waals surface area (Å²) in [5.41, 5.74) is 3.64. The molecule has 150 valence electrons. The molecule has 0 atom stereocenters. The second kappa shape index (κ2) is 7.98. The number of benzene rings is 2. The Morgan fingerprint density at radius 2 is 1.83 bits per heavy atom. The predicted octanol–water partition coefficient (Wildman–Crippen LogP) is 3.29. The van der Waals surface area contributed by atoms with E-state index in [2.05, 4.69) is 10.0 Å². The maximum atomic E-state index is 12.6. The van der Waals surface area contributed by atoms with Crippen LogP contribution in [-0.2, 0) is 28.9 Å². The molecule has 1 aliphatic heterocycles. The number of sulfonamides is 1. The van der Waals surface area contributed by atoms with E-state index in [1.54, 1.807) is 12.1 Å². The fourth-order valence-electron chi connectivity index (χ4n) is 3.13. The van der Waals surface area contributed by atoms with Crippen LogP contribution in [0.4, 0.5) is 0 Å². The Balaban J connectivity index is 1.42. The molecule has 6 nitrogen and oxygen atoms in total. The Kier molecular flexibility index (Phi) is 5.40. The summed E-state index contributed by atoms with van der Waals surface area (Å²) in [5, 5.41) is 2.93. The van der Waals surface area contributed by atoms with Crippen LogP contribution < -0.4 is 14.8 Å². The lowest BCUT2D eigenvalue weighted by molar-refractivity contribution is 0.0955. The van der Waals surface area contributed by atoms with E-state index < -0.39 is 10.0 Å². The zero-order valence-electron chi connectivity index (χ0n) is 15.8. The Labute approximate surface area is 173 Å². The van der Waals surface area contributed by atoms with E-state index in [1.807, 2.05) is 42.5 Å². The van der Waals surface area contributed by atoms with Crippen molar-refractivity contribution in [1.29, 1.82) is 0 Å². The summed E-state index contributed by atoms with van der Waals surface area (Å²) in [7, 11) is -1.90. The van der Waals surface area contributed by atoms with E-state index in [0.717, 1.165) is 27.3 Å². The van der Waals surface area contributed by atoms with Crippen molar-refractivity contribution >= 4 is 27.3 Å². The molecule has 2 heterocycles. The number of thiophene rings is 1. The maximum Gasteiger partial charge on any atom is 0.261 e. The number of para-hydroxylation sites is 1. The Morgan fingerprint density at radius 3 is 2.59 bits per heavy atom. The van der Waals surface area contributed by atoms with Gasteiger partial charge in [0.2, 0.25) is 10.0 Å². The summed E-state index contributed by atoms with van der Waals surface area (Å²) in [4.78, 5) is 14.3. The summed E-state index contributed by atoms with van der Waals surface area (Å²) >= 11 is 1.47. The van der Waals surface area contributed by atoms with Gasteiger partial charge in [-0.05, 0) is 36.4 Å². The summed E-state index contributed by atoms with van der Waals surface area (Å²) in [5.74, 6) is 0.637. The van der Waals surface area contributed by atoms with Crippen LogP contribution in [-0.4, -0.2) is 21.4 Å². The highest BCUT2D eigenvalue weighted by atomic mass is 32.2. The molecular formula is C21H20N2O4S2. The summed E-state index contributed by atoms with van der Waals surface area (Å²) in [6.07, 6.45) is 0. The van der Waals surface area contributed by atoms with E-state index in [9.17, 15) is 13.2 Å². The van der Waals surface area contributed by atoms with Gasteiger partial charge in [0.1, 0.15) is 12.4 Å². The number of hydrogen-bond acceptors (Lipinski definition) is 5. The van der Waals surface area contributed by atoms with Gasteiger partial charge in [-0.2, -0.15) is 0 Å². The number of hydrogen-bond donors (Lipinski definition) is 2. The quantitative estimate of drug-likeness (QED) is 0.631. The van der Waals surface area contributed by atoms with Gasteiger partial charge in [-0.25, -0.2) is 13.1 Å². The summed E-state index contributed by atoms with van der Waals surface area (Å²) in [6.45, 7) is 0.834. The van der Waals surface area contributed by atoms with Crippen LogP contribution in [0.15, 0.2) is 54.6 Å². The minimum absolute atomic E-state index is 0.0690. The minimum Gasteiger partial charge on any atom is -0.488 e. The van der Waals surface area contributed by atoms with E-state index >= 15 is 0 Å². The van der Waals surface area contributed by atoms with E-state index in [1.165, 1.54) is 18.4 Å². The van der Waals surface area contributed by atoms with E-state index in [0.29, 0.717) is 23.6 Å². The molecule has 0 saturated carbocycles. The molecule has 0 fully saturated rings. The van der Waals surface area contributed by atoms with Crippen LogP contribution in [0.25, 0.3) is 10.4 Å². The third-order valence-electron chi connectivity index (χ3n) is 4.69. The van der Waals surface area contributed by atoms with Crippen LogP contribution >= 0.6 is 11.3 Å². The second-order valence-corrected chi connectivity index (χ2v) is 9.69. The third-order valence-corrected chi connectivity index (χ3v) is 7.24. The molecule has 0 unspecified atom stereocenters. The predicted molar refractivity (Wildman–Crippen MR) is 113 cm³/mol. The molecule has 0 bridgehead atoms. The van der Waals surface area contributed by atoms with Crippen molar-refractivity contribution in [3.05, 3.63) is 76.2 Å². The number of carbonyl (C=O) groups excluding carboxylic acids is 1. The van der Waals surface area contributed by atoms with Gasteiger partial charge in [0.05, 0.1) is 10.6 Å². The zero-order chi connectivity index (χ0) is 20.4. The van der Waals surface area contributed by atoms with Gasteiger partial charge in [0.15, 0.2) is 0 Å². The molecule has 1 amide bonds. The normalized spacial score (nSPS) is 12.6. The molecule has 2 N–H and O–H groups in total. The van der Waals surface area contributed by atoms with Crippen LogP contribution in [0.2, 0.25) is 0 Å². The molecule has 1 aromatic heterocycles. The average Bonchev–Trinajstić information content (AvgIpc) is 3.18. The van der Waals surface area contributed by atoms with Crippen molar-refractivity contribution in [2.75, 3.05) is 7.05 Å². The van der Waals surface area contributed by atoms with Gasteiger partial charge < -0.3 is 10.1 Å². The summed E-state index contributed by atoms with van der Waals surface area (Å²) < 4.78 is 31.3. The first-order valence-corrected chi connectivity index (χ1v) is 11.5. The molecule has 1 aliphatic rings. The second-order valence-electron chi connectivity index (χ2n) is 6.71. The fourth-order valence-corrected chi connectivity index (χ4v) is 5.01. The van der Waals surface area contributed by atoms with Crippen molar-refractivity contribution in [2.24, 2.45) is 0 Å². The van der Waals surface area contributed by atoms with Crippen molar-refractivity contribution in [3.63, 3.8) is 0 Å². The van der Waals surface area contributed by atoms with Crippen LogP contribution in [0.1, 0.15) is 26.4 Å². The molecular weight excluding hydrogens is 408 g/mol. The summed E-state index contributed by atoms with van der Waals surface area (Å²) in [6, 6.07) is 16.9. The molecule has 0 saturated heterocycles. The lowest BCUT2D eigenvalue weighted by atomic mass is 10.1. The van der Waals surface area contributed by atoms with Gasteiger partial charge in [-0.3, -0.25) is 4.79 Å². The number of ether oxygens (including phenoxy) is 1. The fraction of sp³-hybridized carbons (Fsp3) is 0.190. The van der Waals surface area contributed by atoms with Crippen LogP contribution in [0.3, 0.4) is 0 Å². The highest BCUT2D eigenvalue weighted by Crippen LogP contribution is 2.42. The highest BCUT2D eigenvalue weighted by molar-refractivity contribution is 7.88. The monoisotopic (exact) mass is 428 g/mol. The number of amides is 1. The molecule has 0 radical (unpaired) electrons. The smallest absolute Gasteiger partial charge is 0.261 e. The molecule has 3 aromatic rings. The third kappa shape index (κ3) is 4.34. The van der Waals surface area contributed by atoms with Gasteiger partial charge in [-0.1, -0.05) is 36.4 Å². The van der Waals surface area contributed by atoms with Gasteiger partial charge >= 0.3 is 0 Å². The maximum absolute atomic E-state index is 12.6. The highest BCUT2D eigenvalue weighted by Gasteiger charge is 2.22. The number of nitrogens with one attached hydrogen (secondary N) is 2. The SMILES string of the molecule is CNS(=O)(=O)Cc1ccc(CNC(=O)c2cc3c(s2)-c2ccccc2OC3)cc1. The Hall–Kier alpha value is -2.68. The first-order valence-electron chi connectivity index (χ1n) is 9.07. The van der Waals surface area contributed by atoms with Gasteiger partial charge in [-0.15, -0.1) is 11.3 Å². The van der Waals surface area contributed by atoms with Gasteiger partial charge in [0.25, 0.3) is 5.91 Å². The zero-order valence-corrected chi connectivity index (χ0v) is 17.4. The molecule has 0 aliphatic carbocycles. The van der Waals surface area contributed by atoms with Crippen molar-refractivity contribution in [1.82, 2.24) is 10.0 Å². The number of fused-ring (bicyclic) bond motifs is 3. The van der Waals surface area contributed by atoms with Gasteiger partial charge in [0, 0.05) is 22.5 Å². The standard InChI is InChI=1S/C21H20N2O4S2/c1-22-29(25,26)13-15-8-6-14(7-9-15)11-23-21(24)19-10-16-12-27-18-5-3-2-4-17(18)20(16)28-19/h2-10,22H,11-13H2,1H3,(H,23,24). The number of rotatable bonds is 6.